The van der Waals surface area contributed by atoms with Crippen LogP contribution in [0.15, 0.2) is 27.2 Å². The summed E-state index contributed by atoms with van der Waals surface area (Å²) in [6, 6.07) is 1.39. The summed E-state index contributed by atoms with van der Waals surface area (Å²) < 4.78 is 27.6. The molecule has 0 aliphatic carbocycles. The highest BCUT2D eigenvalue weighted by Crippen LogP contribution is 2.23. The third-order valence-electron chi connectivity index (χ3n) is 2.63. The highest BCUT2D eigenvalue weighted by atomic mass is 32.2. The van der Waals surface area contributed by atoms with Gasteiger partial charge in [0.25, 0.3) is 10.0 Å². The summed E-state index contributed by atoms with van der Waals surface area (Å²) in [5.41, 5.74) is 0.985. The molecule has 2 heterocycles. The van der Waals surface area contributed by atoms with Crippen molar-refractivity contribution in [2.24, 2.45) is 0 Å². The van der Waals surface area contributed by atoms with Crippen LogP contribution in [-0.4, -0.2) is 19.9 Å². The summed E-state index contributed by atoms with van der Waals surface area (Å²) in [5.74, 6) is 0. The minimum absolute atomic E-state index is 0.320. The lowest BCUT2D eigenvalue weighted by atomic mass is 10.3. The summed E-state index contributed by atoms with van der Waals surface area (Å²) in [7, 11) is -3.48. The fraction of sp³-hybridized carbons (Fsp3) is 0.417. The Morgan fingerprint density at radius 2 is 2.20 bits per heavy atom. The second kappa shape index (κ2) is 6.77. The van der Waals surface area contributed by atoms with Gasteiger partial charge >= 0.3 is 0 Å². The standard InChI is InChI=1S/C12H17N3O2S3/c1-3-13-7-10-6-11(19-8-10)20(16,17)15-9(2)12-14-4-5-18-12/h4-6,8-9,13,15H,3,7H2,1-2H3. The largest absolute Gasteiger partial charge is 0.313 e. The fourth-order valence-electron chi connectivity index (χ4n) is 1.65. The van der Waals surface area contributed by atoms with Gasteiger partial charge in [-0.2, -0.15) is 0 Å². The first-order valence-electron chi connectivity index (χ1n) is 6.22. The highest BCUT2D eigenvalue weighted by Gasteiger charge is 2.21. The molecule has 110 valence electrons. The summed E-state index contributed by atoms with van der Waals surface area (Å²) in [4.78, 5) is 4.12. The Hall–Kier alpha value is -0.800. The van der Waals surface area contributed by atoms with E-state index in [9.17, 15) is 8.42 Å². The van der Waals surface area contributed by atoms with Crippen LogP contribution in [0.25, 0.3) is 0 Å². The minimum Gasteiger partial charge on any atom is -0.313 e. The van der Waals surface area contributed by atoms with E-state index in [0.717, 1.165) is 17.1 Å². The quantitative estimate of drug-likeness (QED) is 0.817. The first kappa shape index (κ1) is 15.6. The van der Waals surface area contributed by atoms with E-state index in [4.69, 9.17) is 0 Å². The van der Waals surface area contributed by atoms with Crippen LogP contribution in [-0.2, 0) is 16.6 Å². The van der Waals surface area contributed by atoms with Gasteiger partial charge in [0.15, 0.2) is 0 Å². The van der Waals surface area contributed by atoms with Crippen LogP contribution in [0.3, 0.4) is 0 Å². The molecule has 0 aliphatic heterocycles. The Balaban J connectivity index is 2.08. The van der Waals surface area contributed by atoms with Crippen LogP contribution in [0, 0.1) is 0 Å². The number of thiophene rings is 1. The average Bonchev–Trinajstić information content (AvgIpc) is 3.07. The van der Waals surface area contributed by atoms with Crippen LogP contribution in [0.1, 0.15) is 30.5 Å². The average molecular weight is 331 g/mol. The van der Waals surface area contributed by atoms with Crippen LogP contribution >= 0.6 is 22.7 Å². The van der Waals surface area contributed by atoms with Crippen molar-refractivity contribution >= 4 is 32.7 Å². The molecule has 0 aliphatic rings. The van der Waals surface area contributed by atoms with E-state index in [0.29, 0.717) is 10.8 Å². The Labute approximate surface area is 127 Å². The van der Waals surface area contributed by atoms with Gasteiger partial charge in [-0.25, -0.2) is 18.1 Å². The maximum Gasteiger partial charge on any atom is 0.250 e. The van der Waals surface area contributed by atoms with Crippen molar-refractivity contribution in [2.75, 3.05) is 6.54 Å². The van der Waals surface area contributed by atoms with E-state index in [2.05, 4.69) is 15.0 Å². The molecule has 1 unspecified atom stereocenters. The van der Waals surface area contributed by atoms with E-state index >= 15 is 0 Å². The molecule has 0 radical (unpaired) electrons. The Kier molecular flexibility index (Phi) is 5.28. The Morgan fingerprint density at radius 3 is 2.85 bits per heavy atom. The molecule has 8 heteroatoms. The molecule has 0 fully saturated rings. The van der Waals surface area contributed by atoms with Gasteiger partial charge in [-0.05, 0) is 30.5 Å². The molecule has 0 saturated heterocycles. The van der Waals surface area contributed by atoms with E-state index in [-0.39, 0.29) is 6.04 Å². The number of hydrogen-bond donors (Lipinski definition) is 2. The third-order valence-corrected chi connectivity index (χ3v) is 6.61. The number of nitrogens with zero attached hydrogens (tertiary/aromatic N) is 1. The SMILES string of the molecule is CCNCc1csc(S(=O)(=O)NC(C)c2nccs2)c1. The van der Waals surface area contributed by atoms with Gasteiger partial charge in [-0.1, -0.05) is 6.92 Å². The smallest absolute Gasteiger partial charge is 0.250 e. The van der Waals surface area contributed by atoms with Gasteiger partial charge < -0.3 is 5.32 Å². The van der Waals surface area contributed by atoms with Crippen LogP contribution in [0.5, 0.6) is 0 Å². The predicted octanol–water partition coefficient (Wildman–Crippen LogP) is 2.35. The van der Waals surface area contributed by atoms with Crippen molar-refractivity contribution in [2.45, 2.75) is 30.6 Å². The fourth-order valence-corrected chi connectivity index (χ4v) is 4.80. The van der Waals surface area contributed by atoms with Crippen molar-refractivity contribution < 1.29 is 8.42 Å². The maximum absolute atomic E-state index is 12.3. The number of hydrogen-bond acceptors (Lipinski definition) is 6. The zero-order valence-electron chi connectivity index (χ0n) is 11.3. The molecule has 20 heavy (non-hydrogen) atoms. The number of rotatable bonds is 7. The molecule has 1 atom stereocenters. The van der Waals surface area contributed by atoms with Gasteiger partial charge in [0.2, 0.25) is 0 Å². The van der Waals surface area contributed by atoms with Crippen molar-refractivity contribution in [3.63, 3.8) is 0 Å². The number of sulfonamides is 1. The molecule has 0 bridgehead atoms. The van der Waals surface area contributed by atoms with E-state index in [1.54, 1.807) is 19.2 Å². The Morgan fingerprint density at radius 1 is 1.40 bits per heavy atom. The number of aromatic nitrogens is 1. The molecule has 2 rings (SSSR count). The van der Waals surface area contributed by atoms with Crippen molar-refractivity contribution in [1.29, 1.82) is 0 Å². The lowest BCUT2D eigenvalue weighted by Gasteiger charge is -2.10. The van der Waals surface area contributed by atoms with E-state index in [1.807, 2.05) is 17.7 Å². The third kappa shape index (κ3) is 3.86. The molecule has 0 saturated carbocycles. The van der Waals surface area contributed by atoms with Crippen molar-refractivity contribution in [3.8, 4) is 0 Å². The van der Waals surface area contributed by atoms with Gasteiger partial charge in [0, 0.05) is 18.1 Å². The van der Waals surface area contributed by atoms with E-state index < -0.39 is 10.0 Å². The van der Waals surface area contributed by atoms with Gasteiger partial charge in [-0.15, -0.1) is 22.7 Å². The van der Waals surface area contributed by atoms with Gasteiger partial charge in [0.1, 0.15) is 9.22 Å². The topological polar surface area (TPSA) is 71.1 Å². The molecule has 0 amide bonds. The number of thiazole rings is 1. The lowest BCUT2D eigenvalue weighted by Crippen LogP contribution is -2.26. The van der Waals surface area contributed by atoms with E-state index in [1.165, 1.54) is 22.7 Å². The first-order chi connectivity index (χ1) is 9.53. The van der Waals surface area contributed by atoms with Crippen LogP contribution in [0.2, 0.25) is 0 Å². The van der Waals surface area contributed by atoms with Crippen molar-refractivity contribution in [1.82, 2.24) is 15.0 Å². The van der Waals surface area contributed by atoms with Crippen molar-refractivity contribution in [3.05, 3.63) is 33.6 Å². The zero-order valence-corrected chi connectivity index (χ0v) is 13.7. The molecule has 2 aromatic rings. The Bertz CT molecular complexity index is 635. The monoisotopic (exact) mass is 331 g/mol. The zero-order chi connectivity index (χ0) is 14.6. The summed E-state index contributed by atoms with van der Waals surface area (Å²) in [6.07, 6.45) is 1.67. The lowest BCUT2D eigenvalue weighted by molar-refractivity contribution is 0.568. The van der Waals surface area contributed by atoms with Gasteiger partial charge in [-0.3, -0.25) is 0 Å². The molecule has 2 aromatic heterocycles. The van der Waals surface area contributed by atoms with Crippen LogP contribution in [0.4, 0.5) is 0 Å². The first-order valence-corrected chi connectivity index (χ1v) is 9.47. The second-order valence-corrected chi connectivity index (χ2v) is 8.05. The van der Waals surface area contributed by atoms with Crippen LogP contribution < -0.4 is 10.0 Å². The maximum atomic E-state index is 12.3. The van der Waals surface area contributed by atoms with Gasteiger partial charge in [0.05, 0.1) is 6.04 Å². The summed E-state index contributed by atoms with van der Waals surface area (Å²) in [6.45, 7) is 5.35. The second-order valence-electron chi connectivity index (χ2n) is 4.27. The molecule has 0 spiro atoms. The minimum atomic E-state index is -3.48. The molecule has 0 aromatic carbocycles. The molecule has 2 N–H and O–H groups in total. The predicted molar refractivity (Wildman–Crippen MR) is 82.6 cm³/mol. The highest BCUT2D eigenvalue weighted by molar-refractivity contribution is 7.91. The normalized spacial score (nSPS) is 13.5. The number of nitrogens with one attached hydrogen (secondary N) is 2. The molecular formula is C12H17N3O2S3. The summed E-state index contributed by atoms with van der Waals surface area (Å²) in [5, 5.41) is 7.64. The molecular weight excluding hydrogens is 314 g/mol. The summed E-state index contributed by atoms with van der Waals surface area (Å²) >= 11 is 2.68. The molecule has 5 nitrogen and oxygen atoms in total.